The van der Waals surface area contributed by atoms with Crippen molar-refractivity contribution in [3.05, 3.63) is 47.9 Å². The van der Waals surface area contributed by atoms with Crippen LogP contribution in [0, 0.1) is 0 Å². The summed E-state index contributed by atoms with van der Waals surface area (Å²) in [5, 5.41) is 7.17. The third-order valence-corrected chi connectivity index (χ3v) is 4.07. The highest BCUT2D eigenvalue weighted by molar-refractivity contribution is 5.78. The Hall–Kier alpha value is -2.70. The summed E-state index contributed by atoms with van der Waals surface area (Å²) in [5.74, 6) is 0.683. The van der Waals surface area contributed by atoms with Gasteiger partial charge in [0.25, 0.3) is 0 Å². The first kappa shape index (κ1) is 13.0. The van der Waals surface area contributed by atoms with Gasteiger partial charge in [-0.1, -0.05) is 6.07 Å². The molecule has 0 bridgehead atoms. The van der Waals surface area contributed by atoms with Crippen LogP contribution in [-0.2, 0) is 17.9 Å². The lowest BCUT2D eigenvalue weighted by Gasteiger charge is -2.15. The van der Waals surface area contributed by atoms with Crippen LogP contribution in [0.2, 0.25) is 0 Å². The summed E-state index contributed by atoms with van der Waals surface area (Å²) < 4.78 is 3.89. The van der Waals surface area contributed by atoms with Crippen LogP contribution < -0.4 is 5.32 Å². The topological polar surface area (TPSA) is 77.1 Å². The first-order chi connectivity index (χ1) is 10.8. The van der Waals surface area contributed by atoms with Crippen molar-refractivity contribution < 1.29 is 4.79 Å². The largest absolute Gasteiger partial charge is 0.350 e. The molecule has 4 heterocycles. The van der Waals surface area contributed by atoms with Crippen LogP contribution in [0.15, 0.2) is 30.7 Å². The quantitative estimate of drug-likeness (QED) is 0.768. The van der Waals surface area contributed by atoms with Gasteiger partial charge in [-0.2, -0.15) is 5.10 Å². The Bertz CT molecular complexity index is 849. The molecule has 1 atom stereocenters. The lowest BCUT2D eigenvalue weighted by Crippen LogP contribution is -2.22. The number of pyridine rings is 1. The monoisotopic (exact) mass is 296 g/mol. The molecule has 0 unspecified atom stereocenters. The molecule has 3 aromatic rings. The lowest BCUT2D eigenvalue weighted by atomic mass is 9.99. The van der Waals surface area contributed by atoms with Crippen LogP contribution in [0.4, 0.5) is 0 Å². The number of nitrogens with one attached hydrogen (secondary N) is 1. The number of nitrogens with zero attached hydrogens (tertiary/aromatic N) is 5. The minimum Gasteiger partial charge on any atom is -0.350 e. The minimum absolute atomic E-state index is 0.0123. The molecule has 7 nitrogen and oxygen atoms in total. The number of imidazole rings is 1. The zero-order valence-corrected chi connectivity index (χ0v) is 12.2. The fourth-order valence-electron chi connectivity index (χ4n) is 3.10. The average molecular weight is 296 g/mol. The Morgan fingerprint density at radius 2 is 2.32 bits per heavy atom. The van der Waals surface area contributed by atoms with Crippen LogP contribution in [-0.4, -0.2) is 30.1 Å². The van der Waals surface area contributed by atoms with Gasteiger partial charge in [0.05, 0.1) is 23.9 Å². The number of fused-ring (bicyclic) bond motifs is 3. The van der Waals surface area contributed by atoms with Crippen molar-refractivity contribution in [2.24, 2.45) is 0 Å². The van der Waals surface area contributed by atoms with E-state index in [0.29, 0.717) is 13.0 Å². The maximum Gasteiger partial charge on any atom is 0.221 e. The van der Waals surface area contributed by atoms with E-state index in [4.69, 9.17) is 0 Å². The molecule has 22 heavy (non-hydrogen) atoms. The van der Waals surface area contributed by atoms with E-state index in [-0.39, 0.29) is 11.8 Å². The number of aromatic nitrogens is 5. The first-order valence-corrected chi connectivity index (χ1v) is 7.38. The van der Waals surface area contributed by atoms with Crippen molar-refractivity contribution in [2.75, 3.05) is 0 Å². The second-order valence-corrected chi connectivity index (χ2v) is 5.34. The Kier molecular flexibility index (Phi) is 2.92. The van der Waals surface area contributed by atoms with Gasteiger partial charge < -0.3 is 9.72 Å². The molecule has 0 spiro atoms. The molecule has 0 saturated carbocycles. The average Bonchev–Trinajstić information content (AvgIpc) is 3.11. The fraction of sp³-hybridized carbons (Fsp3) is 0.333. The van der Waals surface area contributed by atoms with E-state index < -0.39 is 0 Å². The number of carbonyl (C=O) groups is 1. The molecule has 0 fully saturated rings. The zero-order valence-electron chi connectivity index (χ0n) is 12.2. The Balaban J connectivity index is 1.96. The Morgan fingerprint density at radius 3 is 3.18 bits per heavy atom. The van der Waals surface area contributed by atoms with E-state index in [2.05, 4.69) is 24.8 Å². The number of hydrogen-bond donors (Lipinski definition) is 1. The zero-order chi connectivity index (χ0) is 15.1. The summed E-state index contributed by atoms with van der Waals surface area (Å²) in [6.45, 7) is 3.19. The number of amides is 1. The number of carbonyl (C=O) groups excluding carboxylic acids is 1. The number of aryl methyl sites for hydroxylation is 1. The highest BCUT2D eigenvalue weighted by atomic mass is 16.1. The summed E-state index contributed by atoms with van der Waals surface area (Å²) in [7, 11) is 0. The summed E-state index contributed by atoms with van der Waals surface area (Å²) in [4.78, 5) is 21.1. The van der Waals surface area contributed by atoms with Gasteiger partial charge in [-0.3, -0.25) is 4.79 Å². The summed E-state index contributed by atoms with van der Waals surface area (Å²) >= 11 is 0. The van der Waals surface area contributed by atoms with Crippen LogP contribution in [0.5, 0.6) is 0 Å². The second-order valence-electron chi connectivity index (χ2n) is 5.34. The molecule has 0 saturated heterocycles. The van der Waals surface area contributed by atoms with Gasteiger partial charge in [-0.05, 0) is 19.1 Å². The molecule has 3 aromatic heterocycles. The molecule has 1 aliphatic rings. The number of rotatable bonds is 2. The highest BCUT2D eigenvalue weighted by Gasteiger charge is 2.31. The SMILES string of the molecule is CCn1ncnc1[C@@H]1CC(=O)NCc2nc3ccccn3c21. The van der Waals surface area contributed by atoms with E-state index >= 15 is 0 Å². The first-order valence-electron chi connectivity index (χ1n) is 7.38. The predicted molar refractivity (Wildman–Crippen MR) is 79.2 cm³/mol. The minimum atomic E-state index is -0.141. The fourth-order valence-corrected chi connectivity index (χ4v) is 3.10. The van der Waals surface area contributed by atoms with Gasteiger partial charge >= 0.3 is 0 Å². The molecule has 0 aliphatic carbocycles. The van der Waals surface area contributed by atoms with Gasteiger partial charge in [0.1, 0.15) is 17.8 Å². The second kappa shape index (κ2) is 4.94. The molecule has 0 radical (unpaired) electrons. The van der Waals surface area contributed by atoms with Crippen molar-refractivity contribution in [1.82, 2.24) is 29.5 Å². The Labute approximate surface area is 127 Å². The van der Waals surface area contributed by atoms with E-state index in [1.807, 2.05) is 36.0 Å². The highest BCUT2D eigenvalue weighted by Crippen LogP contribution is 2.31. The Morgan fingerprint density at radius 1 is 1.41 bits per heavy atom. The van der Waals surface area contributed by atoms with E-state index in [9.17, 15) is 4.79 Å². The van der Waals surface area contributed by atoms with Gasteiger partial charge in [0, 0.05) is 19.2 Å². The smallest absolute Gasteiger partial charge is 0.221 e. The van der Waals surface area contributed by atoms with Crippen LogP contribution in [0.25, 0.3) is 5.65 Å². The lowest BCUT2D eigenvalue weighted by molar-refractivity contribution is -0.121. The van der Waals surface area contributed by atoms with Crippen LogP contribution in [0.1, 0.15) is 36.5 Å². The van der Waals surface area contributed by atoms with Gasteiger partial charge in [-0.15, -0.1) is 0 Å². The van der Waals surface area contributed by atoms with Crippen molar-refractivity contribution >= 4 is 11.6 Å². The summed E-state index contributed by atoms with van der Waals surface area (Å²) in [6, 6.07) is 5.90. The van der Waals surface area contributed by atoms with Crippen LogP contribution >= 0.6 is 0 Å². The van der Waals surface area contributed by atoms with Crippen molar-refractivity contribution in [2.45, 2.75) is 32.4 Å². The summed E-state index contributed by atoms with van der Waals surface area (Å²) in [6.07, 6.45) is 3.88. The molecule has 1 N–H and O–H groups in total. The van der Waals surface area contributed by atoms with Crippen molar-refractivity contribution in [3.8, 4) is 0 Å². The van der Waals surface area contributed by atoms with Crippen molar-refractivity contribution in [3.63, 3.8) is 0 Å². The standard InChI is InChI=1S/C15H16N6O/c1-2-21-15(17-9-18-21)10-7-13(22)16-8-11-14(10)20-6-4-3-5-12(20)19-11/h3-6,9-10H,2,7-8H2,1H3,(H,16,22)/t10-/m1/s1. The molecular formula is C15H16N6O. The van der Waals surface area contributed by atoms with Crippen molar-refractivity contribution in [1.29, 1.82) is 0 Å². The van der Waals surface area contributed by atoms with Gasteiger partial charge in [-0.25, -0.2) is 14.6 Å². The summed E-state index contributed by atoms with van der Waals surface area (Å²) in [5.41, 5.74) is 2.81. The molecule has 112 valence electrons. The van der Waals surface area contributed by atoms with Gasteiger partial charge in [0.15, 0.2) is 0 Å². The molecule has 7 heteroatoms. The van der Waals surface area contributed by atoms with E-state index in [1.54, 1.807) is 6.33 Å². The normalized spacial score (nSPS) is 18.0. The molecule has 0 aromatic carbocycles. The number of hydrogen-bond acceptors (Lipinski definition) is 4. The molecular weight excluding hydrogens is 280 g/mol. The van der Waals surface area contributed by atoms with Gasteiger partial charge in [0.2, 0.25) is 5.91 Å². The maximum absolute atomic E-state index is 12.1. The molecule has 1 amide bonds. The molecule has 4 rings (SSSR count). The maximum atomic E-state index is 12.1. The van der Waals surface area contributed by atoms with Crippen LogP contribution in [0.3, 0.4) is 0 Å². The third kappa shape index (κ3) is 1.89. The van der Waals surface area contributed by atoms with E-state index in [0.717, 1.165) is 29.4 Å². The van der Waals surface area contributed by atoms with E-state index in [1.165, 1.54) is 0 Å². The third-order valence-electron chi connectivity index (χ3n) is 4.07. The molecule has 1 aliphatic heterocycles. The predicted octanol–water partition coefficient (Wildman–Crippen LogP) is 1.10.